The Hall–Kier alpha value is -1.10. The molecule has 0 saturated carbocycles. The monoisotopic (exact) mass is 158 g/mol. The van der Waals surface area contributed by atoms with Crippen molar-refractivity contribution in [2.75, 3.05) is 6.54 Å². The van der Waals surface area contributed by atoms with Crippen molar-refractivity contribution in [2.24, 2.45) is 5.73 Å². The Balaban J connectivity index is 2.32. The molecule has 2 unspecified atom stereocenters. The molecule has 1 heterocycles. The molecule has 2 amide bonds. The molecule has 1 fully saturated rings. The van der Waals surface area contributed by atoms with Crippen molar-refractivity contribution in [1.82, 2.24) is 5.32 Å². The van der Waals surface area contributed by atoms with E-state index in [9.17, 15) is 9.59 Å². The summed E-state index contributed by atoms with van der Waals surface area (Å²) in [6.07, 6.45) is -1.35. The van der Waals surface area contributed by atoms with Crippen LogP contribution >= 0.6 is 0 Å². The Bertz CT molecular complexity index is 192. The minimum atomic E-state index is -0.707. The van der Waals surface area contributed by atoms with E-state index in [0.717, 1.165) is 0 Å². The quantitative estimate of drug-likeness (QED) is 0.484. The summed E-state index contributed by atoms with van der Waals surface area (Å²) in [5.41, 5.74) is 4.88. The van der Waals surface area contributed by atoms with Crippen LogP contribution in [0, 0.1) is 0 Å². The van der Waals surface area contributed by atoms with Gasteiger partial charge in [-0.3, -0.25) is 9.59 Å². The lowest BCUT2D eigenvalue weighted by Gasteiger charge is -1.94. The van der Waals surface area contributed by atoms with Crippen molar-refractivity contribution in [1.29, 1.82) is 0 Å². The molecule has 11 heavy (non-hydrogen) atoms. The van der Waals surface area contributed by atoms with Gasteiger partial charge in [-0.2, -0.15) is 0 Å². The van der Waals surface area contributed by atoms with Crippen LogP contribution in [0.15, 0.2) is 0 Å². The Morgan fingerprint density at radius 3 is 2.55 bits per heavy atom. The first-order valence-corrected chi connectivity index (χ1v) is 3.39. The van der Waals surface area contributed by atoms with Gasteiger partial charge in [-0.05, 0) is 6.92 Å². The predicted octanol–water partition coefficient (Wildman–Crippen LogP) is -1.62. The summed E-state index contributed by atoms with van der Waals surface area (Å²) in [5, 5.41) is 2.52. The molecule has 2 atom stereocenters. The SMILES string of the molecule is CCNC(=O)C1OC1C(N)=O. The number of carbonyl (C=O) groups is 2. The number of ether oxygens (including phenoxy) is 1. The fourth-order valence-electron chi connectivity index (χ4n) is 0.803. The maximum absolute atomic E-state index is 10.9. The number of nitrogens with one attached hydrogen (secondary N) is 1. The molecule has 62 valence electrons. The van der Waals surface area contributed by atoms with E-state index in [4.69, 9.17) is 10.5 Å². The normalized spacial score (nSPS) is 27.7. The average Bonchev–Trinajstić information content (AvgIpc) is 2.65. The van der Waals surface area contributed by atoms with Crippen LogP contribution in [0.2, 0.25) is 0 Å². The molecule has 0 aromatic carbocycles. The number of nitrogens with two attached hydrogens (primary N) is 1. The minimum Gasteiger partial charge on any atom is -0.367 e. The molecule has 0 radical (unpaired) electrons. The van der Waals surface area contributed by atoms with Gasteiger partial charge in [0.25, 0.3) is 5.91 Å². The summed E-state index contributed by atoms with van der Waals surface area (Å²) in [4.78, 5) is 21.3. The van der Waals surface area contributed by atoms with E-state index in [1.165, 1.54) is 0 Å². The lowest BCUT2D eigenvalue weighted by atomic mass is 10.3. The highest BCUT2D eigenvalue weighted by molar-refractivity contribution is 5.94. The van der Waals surface area contributed by atoms with Crippen LogP contribution in [-0.2, 0) is 14.3 Å². The van der Waals surface area contributed by atoms with Gasteiger partial charge >= 0.3 is 0 Å². The summed E-state index contributed by atoms with van der Waals surface area (Å²) in [6.45, 7) is 2.32. The first kappa shape index (κ1) is 8.00. The third-order valence-corrected chi connectivity index (χ3v) is 1.38. The van der Waals surface area contributed by atoms with E-state index in [1.54, 1.807) is 6.92 Å². The van der Waals surface area contributed by atoms with Crippen molar-refractivity contribution < 1.29 is 14.3 Å². The first-order valence-electron chi connectivity index (χ1n) is 3.39. The van der Waals surface area contributed by atoms with Crippen LogP contribution in [0.5, 0.6) is 0 Å². The molecule has 1 saturated heterocycles. The highest BCUT2D eigenvalue weighted by atomic mass is 16.6. The lowest BCUT2D eigenvalue weighted by Crippen LogP contribution is -2.31. The van der Waals surface area contributed by atoms with Gasteiger partial charge < -0.3 is 15.8 Å². The molecule has 1 aliphatic rings. The molecule has 0 aromatic heterocycles. The predicted molar refractivity (Wildman–Crippen MR) is 36.5 cm³/mol. The van der Waals surface area contributed by atoms with Crippen molar-refractivity contribution >= 4 is 11.8 Å². The number of rotatable bonds is 3. The van der Waals surface area contributed by atoms with Gasteiger partial charge in [0, 0.05) is 6.54 Å². The maximum atomic E-state index is 10.9. The fraction of sp³-hybridized carbons (Fsp3) is 0.667. The van der Waals surface area contributed by atoms with Crippen LogP contribution < -0.4 is 11.1 Å². The van der Waals surface area contributed by atoms with Crippen LogP contribution in [0.3, 0.4) is 0 Å². The average molecular weight is 158 g/mol. The molecule has 1 aliphatic heterocycles. The smallest absolute Gasteiger partial charge is 0.252 e. The largest absolute Gasteiger partial charge is 0.367 e. The van der Waals surface area contributed by atoms with Crippen LogP contribution in [0.4, 0.5) is 0 Å². The minimum absolute atomic E-state index is 0.267. The van der Waals surface area contributed by atoms with Gasteiger partial charge in [-0.25, -0.2) is 0 Å². The number of likely N-dealkylation sites (N-methyl/N-ethyl adjacent to an activating group) is 1. The second-order valence-corrected chi connectivity index (χ2v) is 2.27. The van der Waals surface area contributed by atoms with Crippen LogP contribution in [0.25, 0.3) is 0 Å². The van der Waals surface area contributed by atoms with Crippen LogP contribution in [0.1, 0.15) is 6.92 Å². The summed E-state index contributed by atoms with van der Waals surface area (Å²) >= 11 is 0. The number of epoxide rings is 1. The summed E-state index contributed by atoms with van der Waals surface area (Å²) in [7, 11) is 0. The molecule has 0 spiro atoms. The van der Waals surface area contributed by atoms with Gasteiger partial charge in [0.1, 0.15) is 0 Å². The Morgan fingerprint density at radius 1 is 1.55 bits per heavy atom. The first-order chi connectivity index (χ1) is 5.16. The molecule has 0 aromatic rings. The van der Waals surface area contributed by atoms with Gasteiger partial charge in [0.15, 0.2) is 12.2 Å². The van der Waals surface area contributed by atoms with Crippen molar-refractivity contribution in [3.8, 4) is 0 Å². The number of carbonyl (C=O) groups excluding carboxylic acids is 2. The van der Waals surface area contributed by atoms with Crippen LogP contribution in [-0.4, -0.2) is 30.6 Å². The van der Waals surface area contributed by atoms with Gasteiger partial charge in [-0.1, -0.05) is 0 Å². The molecule has 0 aliphatic carbocycles. The third kappa shape index (κ3) is 1.68. The number of primary amides is 1. The molecule has 3 N–H and O–H groups in total. The highest BCUT2D eigenvalue weighted by Gasteiger charge is 2.48. The zero-order chi connectivity index (χ0) is 8.43. The Morgan fingerprint density at radius 2 is 2.18 bits per heavy atom. The van der Waals surface area contributed by atoms with E-state index in [1.807, 2.05) is 0 Å². The summed E-state index contributed by atoms with van der Waals surface area (Å²) < 4.78 is 4.71. The molecule has 1 rings (SSSR count). The Labute approximate surface area is 63.9 Å². The zero-order valence-corrected chi connectivity index (χ0v) is 6.16. The van der Waals surface area contributed by atoms with Gasteiger partial charge in [0.2, 0.25) is 5.91 Å². The standard InChI is InChI=1S/C6H10N2O3/c1-2-8-6(10)4-3(11-4)5(7)9/h3-4H,2H2,1H3,(H2,7,9)(H,8,10). The lowest BCUT2D eigenvalue weighted by molar-refractivity contribution is -0.123. The van der Waals surface area contributed by atoms with E-state index in [2.05, 4.69) is 5.32 Å². The molecule has 5 nitrogen and oxygen atoms in total. The molecule has 5 heteroatoms. The van der Waals surface area contributed by atoms with Crippen molar-refractivity contribution in [3.63, 3.8) is 0 Å². The van der Waals surface area contributed by atoms with E-state index in [0.29, 0.717) is 6.54 Å². The van der Waals surface area contributed by atoms with Crippen molar-refractivity contribution in [3.05, 3.63) is 0 Å². The number of amides is 2. The van der Waals surface area contributed by atoms with Gasteiger partial charge in [0.05, 0.1) is 0 Å². The second kappa shape index (κ2) is 2.87. The van der Waals surface area contributed by atoms with E-state index < -0.39 is 18.1 Å². The maximum Gasteiger partial charge on any atom is 0.252 e. The number of hydrogen-bond acceptors (Lipinski definition) is 3. The number of hydrogen-bond donors (Lipinski definition) is 2. The van der Waals surface area contributed by atoms with E-state index in [-0.39, 0.29) is 5.91 Å². The molecular weight excluding hydrogens is 148 g/mol. The third-order valence-electron chi connectivity index (χ3n) is 1.38. The summed E-state index contributed by atoms with van der Waals surface area (Å²) in [6, 6.07) is 0. The Kier molecular flexibility index (Phi) is 2.09. The summed E-state index contributed by atoms with van der Waals surface area (Å²) in [5.74, 6) is -0.849. The molecular formula is C6H10N2O3. The topological polar surface area (TPSA) is 84.7 Å². The highest BCUT2D eigenvalue weighted by Crippen LogP contribution is 2.21. The van der Waals surface area contributed by atoms with Crippen molar-refractivity contribution in [2.45, 2.75) is 19.1 Å². The fourth-order valence-corrected chi connectivity index (χ4v) is 0.803. The zero-order valence-electron chi connectivity index (χ0n) is 6.16. The molecule has 0 bridgehead atoms. The van der Waals surface area contributed by atoms with E-state index >= 15 is 0 Å². The van der Waals surface area contributed by atoms with Gasteiger partial charge in [-0.15, -0.1) is 0 Å². The second-order valence-electron chi connectivity index (χ2n) is 2.27.